The van der Waals surface area contributed by atoms with Gasteiger partial charge in [-0.05, 0) is 31.2 Å². The molecule has 0 aliphatic carbocycles. The topological polar surface area (TPSA) is 9.23 Å². The molecule has 0 amide bonds. The maximum Gasteiger partial charge on any atom is 0.0831 e. The van der Waals surface area contributed by atoms with Gasteiger partial charge < -0.3 is 4.74 Å². The Labute approximate surface area is 99.8 Å². The number of hydrogen-bond acceptors (Lipinski definition) is 1. The summed E-state index contributed by atoms with van der Waals surface area (Å²) in [7, 11) is 0. The predicted octanol–water partition coefficient (Wildman–Crippen LogP) is 4.59. The second kappa shape index (κ2) is 6.70. The molecule has 3 unspecified atom stereocenters. The molecule has 1 aromatic carbocycles. The van der Waals surface area contributed by atoms with Crippen LogP contribution in [-0.4, -0.2) is 6.10 Å². The first kappa shape index (κ1) is 13.2. The molecule has 16 heavy (non-hydrogen) atoms. The van der Waals surface area contributed by atoms with E-state index in [9.17, 15) is 0 Å². The Morgan fingerprint density at radius 3 is 2.19 bits per heavy atom. The highest BCUT2D eigenvalue weighted by Gasteiger charge is 2.25. The van der Waals surface area contributed by atoms with Crippen molar-refractivity contribution in [3.05, 3.63) is 35.9 Å². The van der Waals surface area contributed by atoms with E-state index in [4.69, 9.17) is 4.74 Å². The fourth-order valence-corrected chi connectivity index (χ4v) is 2.30. The van der Waals surface area contributed by atoms with Crippen LogP contribution in [0.5, 0.6) is 0 Å². The van der Waals surface area contributed by atoms with Crippen molar-refractivity contribution in [1.29, 1.82) is 0 Å². The van der Waals surface area contributed by atoms with Gasteiger partial charge in [-0.2, -0.15) is 0 Å². The molecule has 2 rings (SSSR count). The van der Waals surface area contributed by atoms with Crippen molar-refractivity contribution < 1.29 is 4.74 Å². The Balaban J connectivity index is 0.000000606. The Bertz CT molecular complexity index is 271. The molecule has 0 saturated carbocycles. The van der Waals surface area contributed by atoms with Crippen LogP contribution in [0.1, 0.15) is 52.2 Å². The maximum atomic E-state index is 5.94. The highest BCUT2D eigenvalue weighted by Crippen LogP contribution is 2.34. The zero-order valence-corrected chi connectivity index (χ0v) is 10.9. The molecule has 1 heteroatoms. The second-order valence-corrected chi connectivity index (χ2v) is 4.42. The second-order valence-electron chi connectivity index (χ2n) is 4.42. The molecule has 0 N–H and O–H groups in total. The minimum absolute atomic E-state index is 0.315. The van der Waals surface area contributed by atoms with Gasteiger partial charge in [0.05, 0.1) is 12.2 Å². The minimum atomic E-state index is 0.315. The normalized spacial score (nSPS) is 29.1. The van der Waals surface area contributed by atoms with Crippen LogP contribution in [0.2, 0.25) is 0 Å². The van der Waals surface area contributed by atoms with Gasteiger partial charge in [-0.25, -0.2) is 0 Å². The lowest BCUT2D eigenvalue weighted by Gasteiger charge is -2.32. The van der Waals surface area contributed by atoms with E-state index < -0.39 is 0 Å². The summed E-state index contributed by atoms with van der Waals surface area (Å²) in [5.74, 6) is 0.781. The fraction of sp³-hybridized carbons (Fsp3) is 0.600. The lowest BCUT2D eigenvalue weighted by Crippen LogP contribution is -2.24. The van der Waals surface area contributed by atoms with Crippen molar-refractivity contribution in [2.75, 3.05) is 0 Å². The van der Waals surface area contributed by atoms with Crippen LogP contribution >= 0.6 is 0 Å². The molecule has 0 spiro atoms. The van der Waals surface area contributed by atoms with Gasteiger partial charge in [-0.1, -0.05) is 51.1 Å². The molecule has 1 fully saturated rings. The summed E-state index contributed by atoms with van der Waals surface area (Å²) in [4.78, 5) is 0. The number of benzene rings is 1. The van der Waals surface area contributed by atoms with Crippen LogP contribution in [0.15, 0.2) is 30.3 Å². The van der Waals surface area contributed by atoms with E-state index in [0.717, 1.165) is 12.3 Å². The largest absolute Gasteiger partial charge is 0.371 e. The third-order valence-electron chi connectivity index (χ3n) is 2.92. The zero-order chi connectivity index (χ0) is 12.0. The molecule has 1 heterocycles. The first-order chi connectivity index (χ1) is 7.75. The van der Waals surface area contributed by atoms with Gasteiger partial charge in [-0.3, -0.25) is 0 Å². The van der Waals surface area contributed by atoms with Crippen LogP contribution in [0.3, 0.4) is 0 Å². The van der Waals surface area contributed by atoms with Crippen molar-refractivity contribution in [3.63, 3.8) is 0 Å². The first-order valence-corrected chi connectivity index (χ1v) is 6.46. The predicted molar refractivity (Wildman–Crippen MR) is 69.5 cm³/mol. The summed E-state index contributed by atoms with van der Waals surface area (Å²) < 4.78 is 5.94. The van der Waals surface area contributed by atoms with Gasteiger partial charge >= 0.3 is 0 Å². The van der Waals surface area contributed by atoms with Crippen molar-refractivity contribution in [1.82, 2.24) is 0 Å². The van der Waals surface area contributed by atoms with Gasteiger partial charge in [0.25, 0.3) is 0 Å². The van der Waals surface area contributed by atoms with Crippen LogP contribution < -0.4 is 0 Å². The van der Waals surface area contributed by atoms with E-state index in [0.29, 0.717) is 12.2 Å². The Hall–Kier alpha value is -0.820. The van der Waals surface area contributed by atoms with E-state index in [1.807, 2.05) is 13.8 Å². The molecule has 1 aliphatic rings. The van der Waals surface area contributed by atoms with E-state index in [1.54, 1.807) is 0 Å². The number of ether oxygens (including phenoxy) is 1. The molecular weight excluding hydrogens is 196 g/mol. The Kier molecular flexibility index (Phi) is 5.54. The van der Waals surface area contributed by atoms with Crippen molar-refractivity contribution in [3.8, 4) is 0 Å². The van der Waals surface area contributed by atoms with Crippen LogP contribution in [0.4, 0.5) is 0 Å². The molecule has 0 bridgehead atoms. The van der Waals surface area contributed by atoms with Crippen LogP contribution in [0.25, 0.3) is 0 Å². The summed E-state index contributed by atoms with van der Waals surface area (Å²) in [5, 5.41) is 0. The van der Waals surface area contributed by atoms with Crippen molar-refractivity contribution >= 4 is 0 Å². The van der Waals surface area contributed by atoms with Crippen molar-refractivity contribution in [2.45, 2.75) is 52.7 Å². The molecule has 1 nitrogen and oxygen atoms in total. The maximum absolute atomic E-state index is 5.94. The summed E-state index contributed by atoms with van der Waals surface area (Å²) in [5.41, 5.74) is 1.32. The average molecular weight is 220 g/mol. The molecule has 1 aromatic rings. The van der Waals surface area contributed by atoms with Gasteiger partial charge in [0, 0.05) is 0 Å². The molecule has 1 aliphatic heterocycles. The van der Waals surface area contributed by atoms with Gasteiger partial charge in [-0.15, -0.1) is 0 Å². The first-order valence-electron chi connectivity index (χ1n) is 6.46. The van der Waals surface area contributed by atoms with E-state index >= 15 is 0 Å². The van der Waals surface area contributed by atoms with Crippen LogP contribution in [0, 0.1) is 5.92 Å². The highest BCUT2D eigenvalue weighted by atomic mass is 16.5. The quantitative estimate of drug-likeness (QED) is 0.672. The molecule has 0 aromatic heterocycles. The highest BCUT2D eigenvalue weighted by molar-refractivity contribution is 5.18. The van der Waals surface area contributed by atoms with Gasteiger partial charge in [0.2, 0.25) is 0 Å². The van der Waals surface area contributed by atoms with Gasteiger partial charge in [0.1, 0.15) is 0 Å². The zero-order valence-electron chi connectivity index (χ0n) is 10.9. The summed E-state index contributed by atoms with van der Waals surface area (Å²) in [6, 6.07) is 10.6. The Morgan fingerprint density at radius 2 is 1.62 bits per heavy atom. The Morgan fingerprint density at radius 1 is 1.00 bits per heavy atom. The van der Waals surface area contributed by atoms with Crippen LogP contribution in [-0.2, 0) is 4.74 Å². The summed E-state index contributed by atoms with van der Waals surface area (Å²) in [6.07, 6.45) is 3.08. The van der Waals surface area contributed by atoms with E-state index in [-0.39, 0.29) is 0 Å². The summed E-state index contributed by atoms with van der Waals surface area (Å²) in [6.45, 7) is 8.49. The monoisotopic (exact) mass is 220 g/mol. The van der Waals surface area contributed by atoms with E-state index in [2.05, 4.69) is 44.2 Å². The lowest BCUT2D eigenvalue weighted by molar-refractivity contribution is -0.0604. The standard InChI is InChI=1S/C13H18O.C2H6/c1-10-8-11(2)14-13(9-10)12-6-4-3-5-7-12;1-2/h3-7,10-11,13H,8-9H2,1-2H3;1-2H3. The minimum Gasteiger partial charge on any atom is -0.371 e. The molecule has 90 valence electrons. The molecule has 1 saturated heterocycles. The van der Waals surface area contributed by atoms with E-state index in [1.165, 1.54) is 12.0 Å². The third kappa shape index (κ3) is 3.64. The average Bonchev–Trinajstić information content (AvgIpc) is 2.32. The SMILES string of the molecule is CC.CC1CC(C)OC(c2ccccc2)C1. The third-order valence-corrected chi connectivity index (χ3v) is 2.92. The molecule has 3 atom stereocenters. The van der Waals surface area contributed by atoms with Crippen molar-refractivity contribution in [2.24, 2.45) is 5.92 Å². The summed E-state index contributed by atoms with van der Waals surface area (Å²) >= 11 is 0. The molecular formula is C15H24O. The number of hydrogen-bond donors (Lipinski definition) is 0. The number of rotatable bonds is 1. The smallest absolute Gasteiger partial charge is 0.0831 e. The van der Waals surface area contributed by atoms with Gasteiger partial charge in [0.15, 0.2) is 0 Å². The molecule has 0 radical (unpaired) electrons. The fourth-order valence-electron chi connectivity index (χ4n) is 2.30. The lowest BCUT2D eigenvalue weighted by atomic mass is 9.91.